The van der Waals surface area contributed by atoms with Gasteiger partial charge >= 0.3 is 6.18 Å². The second-order valence-corrected chi connectivity index (χ2v) is 2.71. The number of halogens is 3. The first-order chi connectivity index (χ1) is 7.49. The Morgan fingerprint density at radius 3 is 2.56 bits per heavy atom. The van der Waals surface area contributed by atoms with Crippen molar-refractivity contribution < 1.29 is 23.1 Å². The van der Waals surface area contributed by atoms with Crippen LogP contribution in [0, 0.1) is 0 Å². The van der Waals surface area contributed by atoms with Crippen LogP contribution in [0.4, 0.5) is 13.2 Å². The molecular weight excluding hydrogens is 225 g/mol. The fraction of sp³-hybridized carbons (Fsp3) is 0.111. The van der Waals surface area contributed by atoms with E-state index in [1.807, 2.05) is 0 Å². The van der Waals surface area contributed by atoms with Crippen molar-refractivity contribution in [3.05, 3.63) is 36.3 Å². The molecule has 0 unspecified atom stereocenters. The number of pyridine rings is 1. The first-order valence-electron chi connectivity index (χ1n) is 4.07. The summed E-state index contributed by atoms with van der Waals surface area (Å²) < 4.78 is 38.1. The van der Waals surface area contributed by atoms with Crippen LogP contribution < -0.4 is 0 Å². The van der Waals surface area contributed by atoms with Gasteiger partial charge in [-0.25, -0.2) is 4.98 Å². The van der Waals surface area contributed by atoms with Gasteiger partial charge in [0.2, 0.25) is 0 Å². The fourth-order valence-corrected chi connectivity index (χ4v) is 1.09. The molecule has 0 aromatic carbocycles. The summed E-state index contributed by atoms with van der Waals surface area (Å²) in [6.45, 7) is -0.250. The number of fused-ring (bicyclic) bond motifs is 1. The SMILES string of the molecule is FC(F)(F)c1ccn2ccnc2c1.O=CO. The first kappa shape index (κ1) is 12.0. The Kier molecular flexibility index (Phi) is 3.49. The van der Waals surface area contributed by atoms with Crippen molar-refractivity contribution in [2.24, 2.45) is 0 Å². The van der Waals surface area contributed by atoms with Crippen LogP contribution in [0.2, 0.25) is 0 Å². The molecule has 4 nitrogen and oxygen atoms in total. The van der Waals surface area contributed by atoms with E-state index in [9.17, 15) is 13.2 Å². The summed E-state index contributed by atoms with van der Waals surface area (Å²) in [6, 6.07) is 2.04. The molecule has 2 aromatic rings. The Morgan fingerprint density at radius 2 is 2.00 bits per heavy atom. The summed E-state index contributed by atoms with van der Waals surface area (Å²) in [5, 5.41) is 6.89. The van der Waals surface area contributed by atoms with Crippen molar-refractivity contribution in [2.75, 3.05) is 0 Å². The molecule has 16 heavy (non-hydrogen) atoms. The molecule has 0 radical (unpaired) electrons. The Bertz CT molecular complexity index is 479. The molecule has 2 rings (SSSR count). The molecule has 2 aromatic heterocycles. The van der Waals surface area contributed by atoms with E-state index in [4.69, 9.17) is 9.90 Å². The molecule has 0 atom stereocenters. The summed E-state index contributed by atoms with van der Waals surface area (Å²) in [4.78, 5) is 12.1. The number of rotatable bonds is 0. The van der Waals surface area contributed by atoms with Gasteiger partial charge in [0.1, 0.15) is 5.65 Å². The standard InChI is InChI=1S/C8H5F3N2.CH2O2/c9-8(10,11)6-1-3-13-4-2-12-7(13)5-6;2-1-3/h1-5H;1H,(H,2,3). The maximum Gasteiger partial charge on any atom is 0.416 e. The van der Waals surface area contributed by atoms with Crippen molar-refractivity contribution in [1.82, 2.24) is 9.38 Å². The van der Waals surface area contributed by atoms with Gasteiger partial charge in [0.15, 0.2) is 0 Å². The van der Waals surface area contributed by atoms with Gasteiger partial charge in [-0.15, -0.1) is 0 Å². The molecule has 7 heteroatoms. The molecule has 1 N–H and O–H groups in total. The maximum atomic E-state index is 12.2. The molecule has 0 amide bonds. The van der Waals surface area contributed by atoms with Gasteiger partial charge in [-0.05, 0) is 12.1 Å². The minimum atomic E-state index is -4.30. The lowest BCUT2D eigenvalue weighted by molar-refractivity contribution is -0.137. The van der Waals surface area contributed by atoms with Crippen LogP contribution in [0.1, 0.15) is 5.56 Å². The second-order valence-electron chi connectivity index (χ2n) is 2.71. The molecule has 2 heterocycles. The Hall–Kier alpha value is -2.05. The van der Waals surface area contributed by atoms with E-state index in [1.165, 1.54) is 16.8 Å². The van der Waals surface area contributed by atoms with Gasteiger partial charge in [-0.1, -0.05) is 0 Å². The van der Waals surface area contributed by atoms with Gasteiger partial charge in [-0.3, -0.25) is 4.79 Å². The van der Waals surface area contributed by atoms with Crippen LogP contribution in [0.15, 0.2) is 30.7 Å². The summed E-state index contributed by atoms with van der Waals surface area (Å²) in [5.41, 5.74) is -0.374. The van der Waals surface area contributed by atoms with Gasteiger partial charge in [0.05, 0.1) is 5.56 Å². The van der Waals surface area contributed by atoms with Crippen molar-refractivity contribution >= 4 is 12.1 Å². The van der Waals surface area contributed by atoms with E-state index in [-0.39, 0.29) is 6.47 Å². The highest BCUT2D eigenvalue weighted by Crippen LogP contribution is 2.29. The van der Waals surface area contributed by atoms with E-state index < -0.39 is 11.7 Å². The molecule has 0 spiro atoms. The third-order valence-corrected chi connectivity index (χ3v) is 1.73. The Morgan fingerprint density at radius 1 is 1.38 bits per heavy atom. The zero-order chi connectivity index (χ0) is 12.2. The van der Waals surface area contributed by atoms with Gasteiger partial charge < -0.3 is 9.51 Å². The lowest BCUT2D eigenvalue weighted by Crippen LogP contribution is -2.05. The second kappa shape index (κ2) is 4.65. The fourth-order valence-electron chi connectivity index (χ4n) is 1.09. The Labute approximate surface area is 88.0 Å². The molecule has 0 aliphatic carbocycles. The van der Waals surface area contributed by atoms with Crippen LogP contribution in [0.5, 0.6) is 0 Å². The van der Waals surface area contributed by atoms with Crippen LogP contribution in [0.3, 0.4) is 0 Å². The van der Waals surface area contributed by atoms with Gasteiger partial charge in [0.25, 0.3) is 6.47 Å². The third-order valence-electron chi connectivity index (χ3n) is 1.73. The van der Waals surface area contributed by atoms with Crippen LogP contribution in [-0.4, -0.2) is 21.0 Å². The van der Waals surface area contributed by atoms with Gasteiger partial charge in [-0.2, -0.15) is 13.2 Å². The van der Waals surface area contributed by atoms with E-state index >= 15 is 0 Å². The predicted octanol–water partition coefficient (Wildman–Crippen LogP) is 2.05. The van der Waals surface area contributed by atoms with E-state index in [0.717, 1.165) is 12.1 Å². The number of carboxylic acid groups (broad SMARTS) is 1. The number of hydrogen-bond acceptors (Lipinski definition) is 2. The average Bonchev–Trinajstić information content (AvgIpc) is 2.63. The van der Waals surface area contributed by atoms with E-state index in [0.29, 0.717) is 5.65 Å². The van der Waals surface area contributed by atoms with Crippen molar-refractivity contribution in [3.63, 3.8) is 0 Å². The molecule has 86 valence electrons. The smallest absolute Gasteiger partial charge is 0.416 e. The van der Waals surface area contributed by atoms with Crippen molar-refractivity contribution in [2.45, 2.75) is 6.18 Å². The first-order valence-corrected chi connectivity index (χ1v) is 4.07. The summed E-state index contributed by atoms with van der Waals surface area (Å²) in [6.07, 6.45) is 0.0871. The molecular formula is C9H7F3N2O2. The third kappa shape index (κ3) is 2.72. The largest absolute Gasteiger partial charge is 0.483 e. The normalized spacial score (nSPS) is 10.7. The number of imidazole rings is 1. The predicted molar refractivity (Wildman–Crippen MR) is 48.9 cm³/mol. The zero-order valence-electron chi connectivity index (χ0n) is 7.85. The number of hydrogen-bond donors (Lipinski definition) is 1. The van der Waals surface area contributed by atoms with Crippen molar-refractivity contribution in [3.8, 4) is 0 Å². The van der Waals surface area contributed by atoms with Crippen LogP contribution in [-0.2, 0) is 11.0 Å². The average molecular weight is 232 g/mol. The molecule has 0 saturated heterocycles. The van der Waals surface area contributed by atoms with Crippen LogP contribution >= 0.6 is 0 Å². The van der Waals surface area contributed by atoms with E-state index in [2.05, 4.69) is 4.98 Å². The summed E-state index contributed by atoms with van der Waals surface area (Å²) in [7, 11) is 0. The number of aromatic nitrogens is 2. The monoisotopic (exact) mass is 232 g/mol. The van der Waals surface area contributed by atoms with Crippen LogP contribution in [0.25, 0.3) is 5.65 Å². The lowest BCUT2D eigenvalue weighted by atomic mass is 10.2. The number of carbonyl (C=O) groups is 1. The molecule has 0 saturated carbocycles. The van der Waals surface area contributed by atoms with Gasteiger partial charge in [0, 0.05) is 18.6 Å². The highest BCUT2D eigenvalue weighted by Gasteiger charge is 2.30. The van der Waals surface area contributed by atoms with Crippen molar-refractivity contribution in [1.29, 1.82) is 0 Å². The van der Waals surface area contributed by atoms with E-state index in [1.54, 1.807) is 6.20 Å². The highest BCUT2D eigenvalue weighted by molar-refractivity contribution is 5.41. The topological polar surface area (TPSA) is 54.6 Å². The Balaban J connectivity index is 0.000000386. The maximum absolute atomic E-state index is 12.2. The highest BCUT2D eigenvalue weighted by atomic mass is 19.4. The molecule has 0 aliphatic heterocycles. The quantitative estimate of drug-likeness (QED) is 0.707. The molecule has 0 bridgehead atoms. The minimum Gasteiger partial charge on any atom is -0.483 e. The number of nitrogens with zero attached hydrogens (tertiary/aromatic N) is 2. The molecule has 0 fully saturated rings. The minimum absolute atomic E-state index is 0.250. The lowest BCUT2D eigenvalue weighted by Gasteiger charge is -2.05. The molecule has 0 aliphatic rings. The number of alkyl halides is 3. The summed E-state index contributed by atoms with van der Waals surface area (Å²) in [5.74, 6) is 0. The summed E-state index contributed by atoms with van der Waals surface area (Å²) >= 11 is 0. The zero-order valence-corrected chi connectivity index (χ0v) is 7.85.